The molecule has 0 aromatic heterocycles. The average Bonchev–Trinajstić information content (AvgIpc) is 3.13. The van der Waals surface area contributed by atoms with Gasteiger partial charge in [-0.3, -0.25) is 4.90 Å². The average molecular weight is 494 g/mol. The van der Waals surface area contributed by atoms with Gasteiger partial charge < -0.3 is 31.5 Å². The molecule has 2 saturated heterocycles. The molecule has 2 aromatic carbocycles. The van der Waals surface area contributed by atoms with E-state index >= 15 is 0 Å². The fourth-order valence-electron chi connectivity index (χ4n) is 4.60. The van der Waals surface area contributed by atoms with Crippen LogP contribution in [0.1, 0.15) is 18.4 Å². The number of likely N-dealkylation sites (tertiary alicyclic amines) is 1. The number of nitrogens with zero attached hydrogens (tertiary/aromatic N) is 2. The van der Waals surface area contributed by atoms with Crippen LogP contribution in [-0.2, 0) is 6.54 Å². The maximum Gasteiger partial charge on any atom is 0.316 e. The minimum Gasteiger partial charge on any atom is -0.506 e. The number of aliphatic hydroxyl groups is 1. The van der Waals surface area contributed by atoms with Crippen molar-refractivity contribution in [2.45, 2.75) is 37.6 Å². The number of phenolic OH excluding ortho intramolecular Hbond substituents is 1. The lowest BCUT2D eigenvalue weighted by atomic mass is 10.0. The fourth-order valence-corrected chi connectivity index (χ4v) is 4.89. The minimum absolute atomic E-state index is 0.0966. The normalized spacial score (nSPS) is 22.0. The van der Waals surface area contributed by atoms with Crippen molar-refractivity contribution in [3.05, 3.63) is 52.0 Å². The van der Waals surface area contributed by atoms with Crippen molar-refractivity contribution < 1.29 is 15.0 Å². The van der Waals surface area contributed by atoms with Crippen LogP contribution in [0.3, 0.4) is 0 Å². The highest BCUT2D eigenvalue weighted by Crippen LogP contribution is 2.37. The Hall–Kier alpha value is -2.23. The van der Waals surface area contributed by atoms with Gasteiger partial charge >= 0.3 is 6.03 Å². The zero-order valence-corrected chi connectivity index (χ0v) is 19.7. The van der Waals surface area contributed by atoms with Crippen molar-refractivity contribution in [1.82, 2.24) is 10.2 Å². The van der Waals surface area contributed by atoms with Crippen LogP contribution >= 0.6 is 23.2 Å². The molecule has 33 heavy (non-hydrogen) atoms. The molecule has 0 saturated carbocycles. The van der Waals surface area contributed by atoms with E-state index in [4.69, 9.17) is 28.9 Å². The summed E-state index contributed by atoms with van der Waals surface area (Å²) in [5.41, 5.74) is 7.49. The number of aliphatic hydroxyl groups excluding tert-OH is 1. The van der Waals surface area contributed by atoms with Gasteiger partial charge in [-0.05, 0) is 49.7 Å². The molecule has 2 aromatic rings. The first-order valence-corrected chi connectivity index (χ1v) is 11.8. The van der Waals surface area contributed by atoms with Crippen molar-refractivity contribution in [3.63, 3.8) is 0 Å². The van der Waals surface area contributed by atoms with E-state index in [-0.39, 0.29) is 16.8 Å². The number of aromatic hydroxyl groups is 1. The highest BCUT2D eigenvalue weighted by atomic mass is 35.5. The third-order valence-electron chi connectivity index (χ3n) is 6.31. The summed E-state index contributed by atoms with van der Waals surface area (Å²) in [7, 11) is 0. The van der Waals surface area contributed by atoms with E-state index < -0.39 is 12.1 Å². The largest absolute Gasteiger partial charge is 0.506 e. The lowest BCUT2D eigenvalue weighted by molar-refractivity contribution is 0.136. The molecule has 6 N–H and O–H groups in total. The van der Waals surface area contributed by atoms with Gasteiger partial charge in [0, 0.05) is 36.8 Å². The van der Waals surface area contributed by atoms with E-state index in [9.17, 15) is 15.0 Å². The van der Waals surface area contributed by atoms with Crippen molar-refractivity contribution in [3.8, 4) is 5.75 Å². The molecule has 2 amide bonds. The molecule has 2 atom stereocenters. The minimum atomic E-state index is -0.724. The summed E-state index contributed by atoms with van der Waals surface area (Å²) < 4.78 is 0. The van der Waals surface area contributed by atoms with Gasteiger partial charge in [-0.2, -0.15) is 0 Å². The maximum absolute atomic E-state index is 11.4. The number of urea groups is 1. The van der Waals surface area contributed by atoms with Crippen LogP contribution in [0.25, 0.3) is 0 Å². The fraction of sp³-hybridized carbons (Fsp3) is 0.435. The molecule has 8 nitrogen and oxygen atoms in total. The number of nitrogens with one attached hydrogen (secondary N) is 2. The number of carbonyl (C=O) groups excluding carboxylic acids is 1. The van der Waals surface area contributed by atoms with E-state index in [0.717, 1.165) is 37.5 Å². The number of amides is 2. The number of benzene rings is 2. The predicted molar refractivity (Wildman–Crippen MR) is 131 cm³/mol. The lowest BCUT2D eigenvalue weighted by Crippen LogP contribution is -2.49. The molecule has 0 spiro atoms. The molecule has 0 bridgehead atoms. The highest BCUT2D eigenvalue weighted by Gasteiger charge is 2.35. The van der Waals surface area contributed by atoms with Crippen LogP contribution in [0.4, 0.5) is 16.2 Å². The topological polar surface area (TPSA) is 114 Å². The number of nitrogens with two attached hydrogens (primary N) is 1. The lowest BCUT2D eigenvalue weighted by Gasteiger charge is -2.34. The smallest absolute Gasteiger partial charge is 0.316 e. The van der Waals surface area contributed by atoms with Crippen LogP contribution < -0.4 is 21.3 Å². The second-order valence-electron chi connectivity index (χ2n) is 8.73. The molecule has 0 radical (unpaired) electrons. The molecule has 2 aliphatic heterocycles. The zero-order valence-electron chi connectivity index (χ0n) is 18.2. The Kier molecular flexibility index (Phi) is 7.51. The summed E-state index contributed by atoms with van der Waals surface area (Å²) in [5.74, 6) is -0.0966. The maximum atomic E-state index is 11.4. The van der Waals surface area contributed by atoms with Gasteiger partial charge in [-0.15, -0.1) is 0 Å². The Bertz CT molecular complexity index is 983. The van der Waals surface area contributed by atoms with Gasteiger partial charge in [0.2, 0.25) is 0 Å². The van der Waals surface area contributed by atoms with Crippen molar-refractivity contribution in [2.24, 2.45) is 5.73 Å². The number of β-amino-alcohol motifs (C(OH)–C–C–N with tert-alkyl or cyclic N) is 1. The summed E-state index contributed by atoms with van der Waals surface area (Å²) in [6, 6.07) is 10.4. The van der Waals surface area contributed by atoms with Gasteiger partial charge in [0.05, 0.1) is 28.5 Å². The summed E-state index contributed by atoms with van der Waals surface area (Å²) in [6.07, 6.45) is 1.40. The van der Waals surface area contributed by atoms with Gasteiger partial charge in [0.25, 0.3) is 0 Å². The summed E-state index contributed by atoms with van der Waals surface area (Å²) >= 11 is 12.0. The van der Waals surface area contributed by atoms with Gasteiger partial charge in [0.1, 0.15) is 5.75 Å². The number of rotatable bonds is 6. The first-order chi connectivity index (χ1) is 15.8. The highest BCUT2D eigenvalue weighted by molar-refractivity contribution is 6.32. The first kappa shape index (κ1) is 23.9. The van der Waals surface area contributed by atoms with Crippen LogP contribution in [0.5, 0.6) is 5.75 Å². The SMILES string of the molecule is NC(=O)Nc1cc(Cl)c(O)cc1N1C[C@@H](O)[C@H](NC2CCN(Cc3ccc(Cl)cc3)CC2)C1. The number of primary amides is 1. The molecule has 0 aliphatic carbocycles. The molecule has 10 heteroatoms. The molecular formula is C23H29Cl2N5O3. The number of piperidine rings is 1. The van der Waals surface area contributed by atoms with Crippen LogP contribution in [0.2, 0.25) is 10.0 Å². The molecule has 2 heterocycles. The predicted octanol–water partition coefficient (Wildman–Crippen LogP) is 2.99. The van der Waals surface area contributed by atoms with E-state index in [1.807, 2.05) is 17.0 Å². The standard InChI is InChI=1S/C23H29Cl2N5O3/c24-15-3-1-14(2-4-15)11-29-7-5-16(6-8-29)27-19-12-30(13-22(19)32)20-10-21(31)17(25)9-18(20)28-23(26)33/h1-4,9-10,16,19,22,27,31-32H,5-8,11-13H2,(H3,26,28,33)/t19-,22-/m1/s1. The van der Waals surface area contributed by atoms with Gasteiger partial charge in [-0.1, -0.05) is 35.3 Å². The van der Waals surface area contributed by atoms with E-state index in [0.29, 0.717) is 30.5 Å². The quantitative estimate of drug-likeness (QED) is 0.395. The number of phenols is 1. The molecule has 2 fully saturated rings. The number of hydrogen-bond donors (Lipinski definition) is 5. The van der Waals surface area contributed by atoms with Crippen molar-refractivity contribution in [1.29, 1.82) is 0 Å². The Morgan fingerprint density at radius 3 is 2.48 bits per heavy atom. The zero-order chi connectivity index (χ0) is 23.5. The van der Waals surface area contributed by atoms with E-state index in [1.54, 1.807) is 0 Å². The number of anilines is 2. The molecule has 4 rings (SSSR count). The molecule has 2 aliphatic rings. The van der Waals surface area contributed by atoms with Crippen molar-refractivity contribution >= 4 is 40.6 Å². The molecular weight excluding hydrogens is 465 g/mol. The Morgan fingerprint density at radius 2 is 1.82 bits per heavy atom. The third-order valence-corrected chi connectivity index (χ3v) is 6.86. The summed E-state index contributed by atoms with van der Waals surface area (Å²) in [6.45, 7) is 3.75. The first-order valence-electron chi connectivity index (χ1n) is 11.0. The van der Waals surface area contributed by atoms with Crippen LogP contribution in [0.15, 0.2) is 36.4 Å². The molecule has 178 valence electrons. The summed E-state index contributed by atoms with van der Waals surface area (Å²) in [4.78, 5) is 15.7. The number of carbonyl (C=O) groups is 1. The Balaban J connectivity index is 1.33. The number of halogens is 2. The van der Waals surface area contributed by atoms with E-state index in [1.165, 1.54) is 17.7 Å². The van der Waals surface area contributed by atoms with Crippen LogP contribution in [0, 0.1) is 0 Å². The van der Waals surface area contributed by atoms with Gasteiger partial charge in [0.15, 0.2) is 0 Å². The summed E-state index contributed by atoms with van der Waals surface area (Å²) in [5, 5.41) is 27.8. The van der Waals surface area contributed by atoms with E-state index in [2.05, 4.69) is 27.7 Å². The van der Waals surface area contributed by atoms with Crippen LogP contribution in [-0.4, -0.2) is 65.5 Å². The third kappa shape index (κ3) is 6.02. The number of hydrogen-bond acceptors (Lipinski definition) is 6. The van der Waals surface area contributed by atoms with Gasteiger partial charge in [-0.25, -0.2) is 4.79 Å². The Labute approximate surface area is 203 Å². The second-order valence-corrected chi connectivity index (χ2v) is 9.58. The monoisotopic (exact) mass is 493 g/mol. The Morgan fingerprint density at radius 1 is 1.12 bits per heavy atom. The van der Waals surface area contributed by atoms with Crippen molar-refractivity contribution in [2.75, 3.05) is 36.4 Å². The second kappa shape index (κ2) is 10.4. The molecule has 0 unspecified atom stereocenters.